The number of ether oxygens (including phenoxy) is 1. The Bertz CT molecular complexity index is 440. The summed E-state index contributed by atoms with van der Waals surface area (Å²) < 4.78 is 5.28. The van der Waals surface area contributed by atoms with Crippen LogP contribution in [-0.2, 0) is 16.0 Å². The van der Waals surface area contributed by atoms with Gasteiger partial charge in [0.15, 0.2) is 0 Å². The van der Waals surface area contributed by atoms with Gasteiger partial charge in [-0.25, -0.2) is 0 Å². The van der Waals surface area contributed by atoms with E-state index in [-0.39, 0.29) is 11.9 Å². The Labute approximate surface area is 114 Å². The summed E-state index contributed by atoms with van der Waals surface area (Å²) >= 11 is 0. The zero-order valence-electron chi connectivity index (χ0n) is 11.7. The largest absolute Gasteiger partial charge is 0.378 e. The van der Waals surface area contributed by atoms with E-state index in [0.29, 0.717) is 19.8 Å². The average molecular weight is 262 g/mol. The van der Waals surface area contributed by atoms with E-state index in [2.05, 4.69) is 42.7 Å². The molecule has 1 fully saturated rings. The normalized spacial score (nSPS) is 19.2. The first kappa shape index (κ1) is 14.0. The van der Waals surface area contributed by atoms with Gasteiger partial charge in [-0.3, -0.25) is 4.79 Å². The van der Waals surface area contributed by atoms with E-state index in [9.17, 15) is 4.79 Å². The molecule has 0 saturated carbocycles. The van der Waals surface area contributed by atoms with Gasteiger partial charge in [0, 0.05) is 13.1 Å². The lowest BCUT2D eigenvalue weighted by Gasteiger charge is -2.22. The zero-order chi connectivity index (χ0) is 13.7. The van der Waals surface area contributed by atoms with E-state index in [1.54, 1.807) is 0 Å². The molecule has 1 atom stereocenters. The van der Waals surface area contributed by atoms with Crippen LogP contribution in [0.3, 0.4) is 0 Å². The molecule has 1 aliphatic rings. The van der Waals surface area contributed by atoms with Crippen molar-refractivity contribution in [3.05, 3.63) is 34.9 Å². The van der Waals surface area contributed by atoms with Crippen molar-refractivity contribution < 1.29 is 9.53 Å². The van der Waals surface area contributed by atoms with Crippen molar-refractivity contribution in [2.45, 2.75) is 26.3 Å². The van der Waals surface area contributed by atoms with Gasteiger partial charge in [0.25, 0.3) is 0 Å². The third kappa shape index (κ3) is 4.04. The molecule has 1 aromatic carbocycles. The topological polar surface area (TPSA) is 50.4 Å². The molecule has 4 heteroatoms. The summed E-state index contributed by atoms with van der Waals surface area (Å²) in [5.74, 6) is 0.0319. The van der Waals surface area contributed by atoms with Crippen LogP contribution in [0.15, 0.2) is 18.2 Å². The average Bonchev–Trinajstić information content (AvgIpc) is 2.42. The second-order valence-corrected chi connectivity index (χ2v) is 5.05. The molecule has 0 aromatic heterocycles. The van der Waals surface area contributed by atoms with Crippen molar-refractivity contribution in [2.24, 2.45) is 0 Å². The minimum absolute atomic E-state index is 0.0319. The minimum Gasteiger partial charge on any atom is -0.378 e. The molecular weight excluding hydrogens is 240 g/mol. The molecule has 2 rings (SSSR count). The van der Waals surface area contributed by atoms with E-state index in [0.717, 1.165) is 13.0 Å². The first-order valence-corrected chi connectivity index (χ1v) is 6.82. The van der Waals surface area contributed by atoms with Crippen molar-refractivity contribution in [2.75, 3.05) is 26.3 Å². The maximum absolute atomic E-state index is 11.9. The van der Waals surface area contributed by atoms with Crippen molar-refractivity contribution in [1.29, 1.82) is 0 Å². The Morgan fingerprint density at radius 2 is 2.32 bits per heavy atom. The number of amides is 1. The number of carbonyl (C=O) groups is 1. The van der Waals surface area contributed by atoms with Crippen molar-refractivity contribution in [3.8, 4) is 0 Å². The molecule has 1 amide bonds. The standard InChI is InChI=1S/C15H22N2O2/c1-11-3-4-13(12(2)9-11)5-6-17-15(18)14-10-19-8-7-16-14/h3-4,9,14,16H,5-8,10H2,1-2H3,(H,17,18). The van der Waals surface area contributed by atoms with Gasteiger partial charge in [-0.1, -0.05) is 23.8 Å². The Morgan fingerprint density at radius 1 is 1.47 bits per heavy atom. The third-order valence-corrected chi connectivity index (χ3v) is 3.43. The van der Waals surface area contributed by atoms with Crippen LogP contribution >= 0.6 is 0 Å². The predicted molar refractivity (Wildman–Crippen MR) is 75.2 cm³/mol. The lowest BCUT2D eigenvalue weighted by Crippen LogP contribution is -2.51. The summed E-state index contributed by atoms with van der Waals surface area (Å²) in [6.45, 7) is 6.77. The number of hydrogen-bond donors (Lipinski definition) is 2. The van der Waals surface area contributed by atoms with Crippen molar-refractivity contribution >= 4 is 5.91 Å². The number of carbonyl (C=O) groups excluding carboxylic acids is 1. The molecule has 4 nitrogen and oxygen atoms in total. The van der Waals surface area contributed by atoms with Gasteiger partial charge in [-0.15, -0.1) is 0 Å². The molecule has 0 radical (unpaired) electrons. The third-order valence-electron chi connectivity index (χ3n) is 3.43. The summed E-state index contributed by atoms with van der Waals surface area (Å²) in [6, 6.07) is 6.22. The number of benzene rings is 1. The van der Waals surface area contributed by atoms with Gasteiger partial charge in [-0.2, -0.15) is 0 Å². The summed E-state index contributed by atoms with van der Waals surface area (Å²) in [5, 5.41) is 6.11. The number of aryl methyl sites for hydroxylation is 2. The molecule has 104 valence electrons. The van der Waals surface area contributed by atoms with E-state index in [4.69, 9.17) is 4.74 Å². The molecule has 1 saturated heterocycles. The van der Waals surface area contributed by atoms with Crippen LogP contribution in [-0.4, -0.2) is 38.3 Å². The highest BCUT2D eigenvalue weighted by atomic mass is 16.5. The molecule has 1 aliphatic heterocycles. The maximum atomic E-state index is 11.9. The number of morpholine rings is 1. The minimum atomic E-state index is -0.201. The molecule has 1 unspecified atom stereocenters. The Balaban J connectivity index is 1.78. The van der Waals surface area contributed by atoms with Gasteiger partial charge < -0.3 is 15.4 Å². The second kappa shape index (κ2) is 6.68. The van der Waals surface area contributed by atoms with Gasteiger partial charge in [0.05, 0.1) is 13.2 Å². The van der Waals surface area contributed by atoms with E-state index in [1.807, 2.05) is 0 Å². The second-order valence-electron chi connectivity index (χ2n) is 5.05. The van der Waals surface area contributed by atoms with E-state index < -0.39 is 0 Å². The SMILES string of the molecule is Cc1ccc(CCNC(=O)C2COCCN2)c(C)c1. The molecule has 0 aliphatic carbocycles. The van der Waals surface area contributed by atoms with Crippen LogP contribution in [0.5, 0.6) is 0 Å². The lowest BCUT2D eigenvalue weighted by atomic mass is 10.0. The lowest BCUT2D eigenvalue weighted by molar-refractivity contribution is -0.125. The summed E-state index contributed by atoms with van der Waals surface area (Å²) in [5.41, 5.74) is 3.85. The highest BCUT2D eigenvalue weighted by Crippen LogP contribution is 2.10. The van der Waals surface area contributed by atoms with Crippen LogP contribution in [0.4, 0.5) is 0 Å². The first-order valence-electron chi connectivity index (χ1n) is 6.82. The van der Waals surface area contributed by atoms with E-state index >= 15 is 0 Å². The van der Waals surface area contributed by atoms with Crippen LogP contribution in [0.25, 0.3) is 0 Å². The highest BCUT2D eigenvalue weighted by Gasteiger charge is 2.20. The van der Waals surface area contributed by atoms with Gasteiger partial charge in [0.2, 0.25) is 5.91 Å². The van der Waals surface area contributed by atoms with Crippen LogP contribution in [0, 0.1) is 13.8 Å². The predicted octanol–water partition coefficient (Wildman–Crippen LogP) is 0.951. The van der Waals surface area contributed by atoms with Crippen molar-refractivity contribution in [3.63, 3.8) is 0 Å². The number of hydrogen-bond acceptors (Lipinski definition) is 3. The highest BCUT2D eigenvalue weighted by molar-refractivity contribution is 5.81. The number of nitrogens with one attached hydrogen (secondary N) is 2. The van der Waals surface area contributed by atoms with Gasteiger partial charge >= 0.3 is 0 Å². The summed E-state index contributed by atoms with van der Waals surface area (Å²) in [7, 11) is 0. The maximum Gasteiger partial charge on any atom is 0.239 e. The van der Waals surface area contributed by atoms with Gasteiger partial charge in [0.1, 0.15) is 6.04 Å². The summed E-state index contributed by atoms with van der Waals surface area (Å²) in [6.07, 6.45) is 0.866. The van der Waals surface area contributed by atoms with Crippen LogP contribution in [0.2, 0.25) is 0 Å². The molecular formula is C15H22N2O2. The first-order chi connectivity index (χ1) is 9.16. The van der Waals surface area contributed by atoms with Crippen LogP contribution in [0.1, 0.15) is 16.7 Å². The monoisotopic (exact) mass is 262 g/mol. The molecule has 0 spiro atoms. The molecule has 1 heterocycles. The fourth-order valence-corrected chi connectivity index (χ4v) is 2.30. The molecule has 2 N–H and O–H groups in total. The molecule has 19 heavy (non-hydrogen) atoms. The quantitative estimate of drug-likeness (QED) is 0.849. The fraction of sp³-hybridized carbons (Fsp3) is 0.533. The zero-order valence-corrected chi connectivity index (χ0v) is 11.7. The fourth-order valence-electron chi connectivity index (χ4n) is 2.30. The smallest absolute Gasteiger partial charge is 0.239 e. The Kier molecular flexibility index (Phi) is 4.93. The Hall–Kier alpha value is -1.39. The van der Waals surface area contributed by atoms with Crippen molar-refractivity contribution in [1.82, 2.24) is 10.6 Å². The van der Waals surface area contributed by atoms with Gasteiger partial charge in [-0.05, 0) is 31.4 Å². The number of rotatable bonds is 4. The molecule has 1 aromatic rings. The Morgan fingerprint density at radius 3 is 3.00 bits per heavy atom. The van der Waals surface area contributed by atoms with Crippen LogP contribution < -0.4 is 10.6 Å². The van der Waals surface area contributed by atoms with E-state index in [1.165, 1.54) is 16.7 Å². The summed E-state index contributed by atoms with van der Waals surface area (Å²) in [4.78, 5) is 11.9. The molecule has 0 bridgehead atoms.